The molecule has 5 heteroatoms. The summed E-state index contributed by atoms with van der Waals surface area (Å²) >= 11 is 5.93. The zero-order chi connectivity index (χ0) is 13.1. The summed E-state index contributed by atoms with van der Waals surface area (Å²) in [6, 6.07) is 4.33. The van der Waals surface area contributed by atoms with E-state index in [1.807, 2.05) is 0 Å². The third-order valence-corrected chi connectivity index (χ3v) is 3.94. The maximum Gasteiger partial charge on any atom is 0.274 e. The van der Waals surface area contributed by atoms with Gasteiger partial charge in [0.25, 0.3) is 5.69 Å². The molecule has 2 rings (SSSR count). The number of nitrogens with two attached hydrogens (primary N) is 1. The minimum absolute atomic E-state index is 0.0810. The molecule has 0 heterocycles. The third kappa shape index (κ3) is 2.82. The van der Waals surface area contributed by atoms with Gasteiger partial charge >= 0.3 is 0 Å². The molecular formula is C13H17ClN2O2. The lowest BCUT2D eigenvalue weighted by Gasteiger charge is -2.27. The molecule has 18 heavy (non-hydrogen) atoms. The molecule has 0 saturated heterocycles. The highest BCUT2D eigenvalue weighted by Gasteiger charge is 2.27. The molecule has 0 aliphatic heterocycles. The Balaban J connectivity index is 2.30. The van der Waals surface area contributed by atoms with Crippen molar-refractivity contribution in [3.8, 4) is 0 Å². The predicted molar refractivity (Wildman–Crippen MR) is 71.6 cm³/mol. The van der Waals surface area contributed by atoms with Crippen LogP contribution in [0.5, 0.6) is 0 Å². The Morgan fingerprint density at radius 3 is 2.61 bits per heavy atom. The first kappa shape index (κ1) is 13.3. The molecule has 0 aromatic heterocycles. The van der Waals surface area contributed by atoms with Crippen LogP contribution >= 0.6 is 11.6 Å². The Morgan fingerprint density at radius 1 is 1.33 bits per heavy atom. The molecule has 98 valence electrons. The minimum Gasteiger partial charge on any atom is -0.324 e. The lowest BCUT2D eigenvalue weighted by Crippen LogP contribution is -2.24. The summed E-state index contributed by atoms with van der Waals surface area (Å²) in [5.41, 5.74) is 6.86. The van der Waals surface area contributed by atoms with E-state index < -0.39 is 0 Å². The number of rotatable bonds is 3. The number of nitrogens with zero attached hydrogens (tertiary/aromatic N) is 1. The molecule has 1 fully saturated rings. The molecule has 0 bridgehead atoms. The summed E-state index contributed by atoms with van der Waals surface area (Å²) in [5.74, 6) is 0.330. The second kappa shape index (κ2) is 5.67. The van der Waals surface area contributed by atoms with E-state index in [1.165, 1.54) is 18.6 Å². The van der Waals surface area contributed by atoms with E-state index in [-0.39, 0.29) is 16.7 Å². The van der Waals surface area contributed by atoms with Crippen LogP contribution in [-0.2, 0) is 0 Å². The summed E-state index contributed by atoms with van der Waals surface area (Å²) in [4.78, 5) is 10.6. The van der Waals surface area contributed by atoms with Crippen LogP contribution < -0.4 is 5.73 Å². The highest BCUT2D eigenvalue weighted by Crippen LogP contribution is 2.37. The van der Waals surface area contributed by atoms with E-state index in [0.717, 1.165) is 25.7 Å². The van der Waals surface area contributed by atoms with Crippen LogP contribution in [0.1, 0.15) is 43.7 Å². The fraction of sp³-hybridized carbons (Fsp3) is 0.538. The molecule has 1 aliphatic rings. The first-order valence-electron chi connectivity index (χ1n) is 6.29. The van der Waals surface area contributed by atoms with Crippen molar-refractivity contribution in [1.29, 1.82) is 0 Å². The van der Waals surface area contributed by atoms with Crippen LogP contribution in [0, 0.1) is 16.0 Å². The van der Waals surface area contributed by atoms with Gasteiger partial charge in [-0.1, -0.05) is 30.9 Å². The standard InChI is InChI=1S/C13H17ClN2O2/c14-10-6-7-12(16(17)18)11(8-10)13(15)9-4-2-1-3-5-9/h6-9,13H,1-5,15H2/t13-/m0/s1. The summed E-state index contributed by atoms with van der Waals surface area (Å²) in [6.45, 7) is 0. The minimum atomic E-state index is -0.381. The van der Waals surface area contributed by atoms with Gasteiger partial charge in [0, 0.05) is 22.7 Å². The highest BCUT2D eigenvalue weighted by atomic mass is 35.5. The highest BCUT2D eigenvalue weighted by molar-refractivity contribution is 6.30. The molecule has 1 aromatic rings. The van der Waals surface area contributed by atoms with Crippen LogP contribution in [0.15, 0.2) is 18.2 Å². The second-order valence-electron chi connectivity index (χ2n) is 4.88. The largest absolute Gasteiger partial charge is 0.324 e. The molecule has 1 atom stereocenters. The summed E-state index contributed by atoms with van der Waals surface area (Å²) in [6.07, 6.45) is 5.65. The average molecular weight is 269 g/mol. The number of hydrogen-bond donors (Lipinski definition) is 1. The van der Waals surface area contributed by atoms with Crippen molar-refractivity contribution in [3.05, 3.63) is 38.9 Å². The van der Waals surface area contributed by atoms with Gasteiger partial charge in [0.15, 0.2) is 0 Å². The van der Waals surface area contributed by atoms with Crippen molar-refractivity contribution in [2.45, 2.75) is 38.1 Å². The predicted octanol–water partition coefficient (Wildman–Crippen LogP) is 3.83. The zero-order valence-electron chi connectivity index (χ0n) is 10.1. The summed E-state index contributed by atoms with van der Waals surface area (Å²) in [7, 11) is 0. The van der Waals surface area contributed by atoms with Gasteiger partial charge in [-0.15, -0.1) is 0 Å². The molecular weight excluding hydrogens is 252 g/mol. The first-order valence-corrected chi connectivity index (χ1v) is 6.67. The number of benzene rings is 1. The van der Waals surface area contributed by atoms with E-state index >= 15 is 0 Å². The molecule has 1 aliphatic carbocycles. The molecule has 0 radical (unpaired) electrons. The number of nitro benzene ring substituents is 1. The number of halogens is 1. The van der Waals surface area contributed by atoms with Gasteiger partial charge in [-0.2, -0.15) is 0 Å². The Bertz CT molecular complexity index is 445. The van der Waals surface area contributed by atoms with Crippen molar-refractivity contribution >= 4 is 17.3 Å². The van der Waals surface area contributed by atoms with Crippen LogP contribution in [0.25, 0.3) is 0 Å². The first-order chi connectivity index (χ1) is 8.59. The number of nitro groups is 1. The Kier molecular flexibility index (Phi) is 4.19. The van der Waals surface area contributed by atoms with Crippen molar-refractivity contribution in [2.75, 3.05) is 0 Å². The van der Waals surface area contributed by atoms with Crippen LogP contribution in [-0.4, -0.2) is 4.92 Å². The fourth-order valence-electron chi connectivity index (χ4n) is 2.71. The Morgan fingerprint density at radius 2 is 2.00 bits per heavy atom. The van der Waals surface area contributed by atoms with Crippen molar-refractivity contribution < 1.29 is 4.92 Å². The van der Waals surface area contributed by atoms with E-state index in [4.69, 9.17) is 17.3 Å². The summed E-state index contributed by atoms with van der Waals surface area (Å²) in [5, 5.41) is 11.5. The van der Waals surface area contributed by atoms with Crippen LogP contribution in [0.3, 0.4) is 0 Å². The third-order valence-electron chi connectivity index (χ3n) is 3.70. The van der Waals surface area contributed by atoms with Crippen molar-refractivity contribution in [1.82, 2.24) is 0 Å². The molecule has 0 amide bonds. The van der Waals surface area contributed by atoms with Gasteiger partial charge in [0.05, 0.1) is 4.92 Å². The maximum atomic E-state index is 11.0. The lowest BCUT2D eigenvalue weighted by atomic mass is 9.81. The monoisotopic (exact) mass is 268 g/mol. The molecule has 2 N–H and O–H groups in total. The molecule has 0 spiro atoms. The van der Waals surface area contributed by atoms with Gasteiger partial charge in [0.1, 0.15) is 0 Å². The van der Waals surface area contributed by atoms with Gasteiger partial charge < -0.3 is 5.73 Å². The van der Waals surface area contributed by atoms with Crippen molar-refractivity contribution in [3.63, 3.8) is 0 Å². The quantitative estimate of drug-likeness (QED) is 0.669. The van der Waals surface area contributed by atoms with E-state index in [0.29, 0.717) is 16.5 Å². The molecule has 1 aromatic carbocycles. The summed E-state index contributed by atoms with van der Waals surface area (Å²) < 4.78 is 0. The fourth-order valence-corrected chi connectivity index (χ4v) is 2.89. The number of hydrogen-bond acceptors (Lipinski definition) is 3. The van der Waals surface area contributed by atoms with Gasteiger partial charge in [-0.25, -0.2) is 0 Å². The van der Waals surface area contributed by atoms with Crippen molar-refractivity contribution in [2.24, 2.45) is 11.7 Å². The van der Waals surface area contributed by atoms with Crippen LogP contribution in [0.4, 0.5) is 5.69 Å². The SMILES string of the molecule is N[C@H](c1cc(Cl)ccc1[N+](=O)[O-])C1CCCCC1. The normalized spacial score (nSPS) is 18.6. The molecule has 1 saturated carbocycles. The maximum absolute atomic E-state index is 11.0. The van der Waals surface area contributed by atoms with E-state index in [2.05, 4.69) is 0 Å². The zero-order valence-corrected chi connectivity index (χ0v) is 10.9. The second-order valence-corrected chi connectivity index (χ2v) is 5.32. The van der Waals surface area contributed by atoms with Gasteiger partial charge in [0.2, 0.25) is 0 Å². The van der Waals surface area contributed by atoms with Crippen LogP contribution in [0.2, 0.25) is 5.02 Å². The van der Waals surface area contributed by atoms with Gasteiger partial charge in [-0.05, 0) is 30.9 Å². The molecule has 0 unspecified atom stereocenters. The lowest BCUT2D eigenvalue weighted by molar-refractivity contribution is -0.385. The van der Waals surface area contributed by atoms with Gasteiger partial charge in [-0.3, -0.25) is 10.1 Å². The smallest absolute Gasteiger partial charge is 0.274 e. The Labute approximate surface area is 111 Å². The van der Waals surface area contributed by atoms with E-state index in [9.17, 15) is 10.1 Å². The van der Waals surface area contributed by atoms with E-state index in [1.54, 1.807) is 6.07 Å². The Hall–Kier alpha value is -1.13. The average Bonchev–Trinajstić information content (AvgIpc) is 2.38. The molecule has 4 nitrogen and oxygen atoms in total. The topological polar surface area (TPSA) is 69.2 Å².